The first-order chi connectivity index (χ1) is 11.4. The molecule has 162 valence electrons. The van der Waals surface area contributed by atoms with Gasteiger partial charge in [-0.1, -0.05) is 0 Å². The van der Waals surface area contributed by atoms with E-state index in [1.165, 1.54) is 4.74 Å². The van der Waals surface area contributed by atoms with E-state index >= 15 is 0 Å². The largest absolute Gasteiger partial charge is 1.00 e. The predicted molar refractivity (Wildman–Crippen MR) is 47.7 cm³/mol. The summed E-state index contributed by atoms with van der Waals surface area (Å²) in [6.07, 6.45) is -29.4. The van der Waals surface area contributed by atoms with Gasteiger partial charge in [-0.15, -0.1) is 0 Å². The Bertz CT molecular complexity index is 557. The Balaban J connectivity index is 0. The summed E-state index contributed by atoms with van der Waals surface area (Å²) in [5.41, 5.74) is 0. The molecule has 4 nitrogen and oxygen atoms in total. The molecule has 0 aromatic carbocycles. The average Bonchev–Trinajstić information content (AvgIpc) is 2.32. The number of ether oxygens (including phenoxy) is 2. The molecule has 28 heavy (non-hydrogen) atoms. The van der Waals surface area contributed by atoms with Crippen molar-refractivity contribution in [2.45, 2.75) is 41.7 Å². The molecule has 0 heterocycles. The van der Waals surface area contributed by atoms with E-state index < -0.39 is 47.6 Å². The molecule has 0 aliphatic carbocycles. The summed E-state index contributed by atoms with van der Waals surface area (Å²) >= 11 is 3.50. The standard InChI is InChI=1S/C8HClF14O4.Na/c9-5(14,15)3(12,6(16,17)18)27-8(22,23)4(13,7(19,20)21)26-2(10,11)1(24)25;/h(H,24,25);/q;+1/p-1. The molecule has 0 saturated carbocycles. The molecule has 0 fully saturated rings. The molecule has 0 saturated heterocycles. The predicted octanol–water partition coefficient (Wildman–Crippen LogP) is 0.247. The first-order valence-electron chi connectivity index (χ1n) is 5.31. The van der Waals surface area contributed by atoms with Crippen LogP contribution in [0.3, 0.4) is 0 Å². The molecule has 0 radical (unpaired) electrons. The van der Waals surface area contributed by atoms with Crippen molar-refractivity contribution < 1.29 is 110 Å². The van der Waals surface area contributed by atoms with E-state index in [1.54, 1.807) is 4.74 Å². The van der Waals surface area contributed by atoms with Crippen LogP contribution in [-0.2, 0) is 14.3 Å². The summed E-state index contributed by atoms with van der Waals surface area (Å²) in [4.78, 5) is 9.76. The third-order valence-corrected chi connectivity index (χ3v) is 2.49. The number of aliphatic carboxylic acids is 1. The van der Waals surface area contributed by atoms with E-state index in [-0.39, 0.29) is 29.6 Å². The summed E-state index contributed by atoms with van der Waals surface area (Å²) < 4.78 is 180. The number of hydrogen-bond donors (Lipinski definition) is 0. The van der Waals surface area contributed by atoms with Crippen molar-refractivity contribution in [3.05, 3.63) is 0 Å². The van der Waals surface area contributed by atoms with Crippen LogP contribution in [0, 0.1) is 0 Å². The minimum Gasteiger partial charge on any atom is -0.542 e. The van der Waals surface area contributed by atoms with Crippen LogP contribution in [0.2, 0.25) is 0 Å². The first kappa shape index (κ1) is 29.9. The normalized spacial score (nSPS) is 18.7. The van der Waals surface area contributed by atoms with Gasteiger partial charge in [0.1, 0.15) is 5.97 Å². The van der Waals surface area contributed by atoms with Gasteiger partial charge in [-0.3, -0.25) is 9.47 Å². The van der Waals surface area contributed by atoms with Gasteiger partial charge in [-0.05, 0) is 11.6 Å². The van der Waals surface area contributed by atoms with Crippen LogP contribution >= 0.6 is 11.6 Å². The second-order valence-electron chi connectivity index (χ2n) is 4.21. The second-order valence-corrected chi connectivity index (χ2v) is 4.68. The van der Waals surface area contributed by atoms with Crippen molar-refractivity contribution in [1.29, 1.82) is 0 Å². The number of alkyl halides is 15. The third kappa shape index (κ3) is 5.44. The van der Waals surface area contributed by atoms with Gasteiger partial charge in [-0.2, -0.15) is 61.5 Å². The Labute approximate surface area is 170 Å². The van der Waals surface area contributed by atoms with Crippen molar-refractivity contribution in [1.82, 2.24) is 0 Å². The molecule has 0 bridgehead atoms. The molecule has 0 spiro atoms. The van der Waals surface area contributed by atoms with Crippen LogP contribution in [0.25, 0.3) is 0 Å². The van der Waals surface area contributed by atoms with Crippen LogP contribution in [-0.4, -0.2) is 47.6 Å². The number of halogens is 15. The smallest absolute Gasteiger partial charge is 0.542 e. The molecule has 0 aromatic rings. The fraction of sp³-hybridized carbons (Fsp3) is 0.875. The Morgan fingerprint density at radius 3 is 1.21 bits per heavy atom. The number of carboxylic acid groups (broad SMARTS) is 1. The zero-order chi connectivity index (χ0) is 22.5. The molecule has 0 amide bonds. The Kier molecular flexibility index (Phi) is 8.63. The average molecular weight is 484 g/mol. The minimum atomic E-state index is -7.72. The maximum atomic E-state index is 13.4. The van der Waals surface area contributed by atoms with Gasteiger partial charge in [0.15, 0.2) is 0 Å². The van der Waals surface area contributed by atoms with E-state index in [4.69, 9.17) is 0 Å². The topological polar surface area (TPSA) is 58.6 Å². The summed E-state index contributed by atoms with van der Waals surface area (Å²) in [6.45, 7) is 0. The first-order valence-corrected chi connectivity index (χ1v) is 5.69. The van der Waals surface area contributed by atoms with E-state index in [1.807, 2.05) is 0 Å². The number of carbonyl (C=O) groups is 1. The maximum absolute atomic E-state index is 13.4. The summed E-state index contributed by atoms with van der Waals surface area (Å²) in [5.74, 6) is -19.0. The number of carboxylic acids is 1. The van der Waals surface area contributed by atoms with E-state index in [0.717, 1.165) is 0 Å². The van der Waals surface area contributed by atoms with E-state index in [0.29, 0.717) is 0 Å². The third-order valence-electron chi connectivity index (χ3n) is 2.24. The van der Waals surface area contributed by atoms with Crippen molar-refractivity contribution >= 4 is 17.6 Å². The van der Waals surface area contributed by atoms with Crippen LogP contribution in [0.4, 0.5) is 61.5 Å². The Morgan fingerprint density at radius 2 is 1.00 bits per heavy atom. The summed E-state index contributed by atoms with van der Waals surface area (Å²) in [7, 11) is 0. The van der Waals surface area contributed by atoms with Crippen LogP contribution in [0.1, 0.15) is 0 Å². The molecular formula is C8ClF14NaO4. The molecule has 2 atom stereocenters. The van der Waals surface area contributed by atoms with E-state index in [2.05, 4.69) is 11.6 Å². The minimum absolute atomic E-state index is 0. The fourth-order valence-electron chi connectivity index (χ4n) is 1.02. The number of carbonyl (C=O) groups excluding carboxylic acids is 1. The van der Waals surface area contributed by atoms with Gasteiger partial charge >= 0.3 is 71.2 Å². The maximum Gasteiger partial charge on any atom is 1.00 e. The molecule has 0 N–H and O–H groups in total. The number of hydrogen-bond acceptors (Lipinski definition) is 4. The van der Waals surface area contributed by atoms with Crippen molar-refractivity contribution in [2.24, 2.45) is 0 Å². The van der Waals surface area contributed by atoms with Crippen molar-refractivity contribution in [2.75, 3.05) is 0 Å². The van der Waals surface area contributed by atoms with E-state index in [9.17, 15) is 71.4 Å². The monoisotopic (exact) mass is 484 g/mol. The van der Waals surface area contributed by atoms with Gasteiger partial charge < -0.3 is 9.90 Å². The zero-order valence-electron chi connectivity index (χ0n) is 12.3. The van der Waals surface area contributed by atoms with Gasteiger partial charge in [0, 0.05) is 0 Å². The SMILES string of the molecule is O=C([O-])C(F)(F)OC(F)(C(F)(F)F)C(F)(F)OC(F)(C(F)(F)F)C(F)(F)Cl.[Na+]. The van der Waals surface area contributed by atoms with Crippen LogP contribution in [0.15, 0.2) is 0 Å². The van der Waals surface area contributed by atoms with Gasteiger partial charge in [0.05, 0.1) is 0 Å². The van der Waals surface area contributed by atoms with Crippen molar-refractivity contribution in [3.8, 4) is 0 Å². The van der Waals surface area contributed by atoms with Crippen molar-refractivity contribution in [3.63, 3.8) is 0 Å². The molecule has 0 aliphatic heterocycles. The summed E-state index contributed by atoms with van der Waals surface area (Å²) in [5, 5.41) is 3.09. The zero-order valence-corrected chi connectivity index (χ0v) is 15.1. The molecular weight excluding hydrogens is 484 g/mol. The van der Waals surface area contributed by atoms with Gasteiger partial charge in [-0.25, -0.2) is 0 Å². The Hall–Kier alpha value is -0.300. The molecule has 2 unspecified atom stereocenters. The molecule has 20 heteroatoms. The molecule has 0 rings (SSSR count). The molecule has 0 aromatic heterocycles. The fourth-order valence-corrected chi connectivity index (χ4v) is 1.17. The quantitative estimate of drug-likeness (QED) is 0.295. The summed E-state index contributed by atoms with van der Waals surface area (Å²) in [6, 6.07) is 0. The van der Waals surface area contributed by atoms with Crippen LogP contribution in [0.5, 0.6) is 0 Å². The number of rotatable bonds is 7. The van der Waals surface area contributed by atoms with Gasteiger partial charge in [0.25, 0.3) is 0 Å². The Morgan fingerprint density at radius 1 is 0.679 bits per heavy atom. The molecule has 0 aliphatic rings. The second kappa shape index (κ2) is 8.09. The van der Waals surface area contributed by atoms with Crippen LogP contribution < -0.4 is 34.7 Å². The van der Waals surface area contributed by atoms with Gasteiger partial charge in [0.2, 0.25) is 0 Å².